The van der Waals surface area contributed by atoms with E-state index < -0.39 is 0 Å². The van der Waals surface area contributed by atoms with Crippen LogP contribution >= 0.6 is 0 Å². The summed E-state index contributed by atoms with van der Waals surface area (Å²) in [7, 11) is 0. The van der Waals surface area contributed by atoms with E-state index in [4.69, 9.17) is 0 Å². The van der Waals surface area contributed by atoms with E-state index in [1.54, 1.807) is 0 Å². The van der Waals surface area contributed by atoms with Crippen molar-refractivity contribution in [3.8, 4) is 0 Å². The minimum atomic E-state index is 0.184. The highest BCUT2D eigenvalue weighted by Crippen LogP contribution is 2.18. The van der Waals surface area contributed by atoms with Crippen molar-refractivity contribution in [1.29, 1.82) is 0 Å². The molecule has 0 radical (unpaired) electrons. The summed E-state index contributed by atoms with van der Waals surface area (Å²) in [5, 5.41) is 0. The number of allylic oxidation sites excluding steroid dienone is 4. The highest BCUT2D eigenvalue weighted by molar-refractivity contribution is 5.73. The Bertz CT molecular complexity index is 214. The van der Waals surface area contributed by atoms with E-state index in [1.807, 2.05) is 19.9 Å². The van der Waals surface area contributed by atoms with Crippen LogP contribution < -0.4 is 0 Å². The Balaban J connectivity index is 4.51. The molecule has 0 rings (SSSR count). The summed E-state index contributed by atoms with van der Waals surface area (Å²) >= 11 is 0. The topological polar surface area (TPSA) is 17.1 Å². The van der Waals surface area contributed by atoms with Crippen LogP contribution in [-0.4, -0.2) is 6.29 Å². The molecule has 0 fully saturated rings. The van der Waals surface area contributed by atoms with Gasteiger partial charge in [-0.05, 0) is 24.8 Å². The molecule has 0 amide bonds. The zero-order valence-corrected chi connectivity index (χ0v) is 8.64. The Hall–Kier alpha value is -0.850. The summed E-state index contributed by atoms with van der Waals surface area (Å²) in [5.74, 6) is 0. The van der Waals surface area contributed by atoms with Crippen LogP contribution in [0.2, 0.25) is 0 Å². The molecule has 1 heteroatoms. The molecule has 0 aliphatic heterocycles. The van der Waals surface area contributed by atoms with Gasteiger partial charge in [0.1, 0.15) is 6.29 Å². The summed E-state index contributed by atoms with van der Waals surface area (Å²) in [6.07, 6.45) is 4.93. The molecule has 68 valence electrons. The molecule has 0 atom stereocenters. The Labute approximate surface area is 75.2 Å². The maximum absolute atomic E-state index is 10.3. The molecule has 0 aromatic carbocycles. The van der Waals surface area contributed by atoms with Crippen LogP contribution in [0, 0.1) is 5.41 Å². The number of carbonyl (C=O) groups excluding carboxylic acids is 1. The maximum Gasteiger partial charge on any atom is 0.145 e. The minimum absolute atomic E-state index is 0.184. The van der Waals surface area contributed by atoms with Gasteiger partial charge >= 0.3 is 0 Å². The summed E-state index contributed by atoms with van der Waals surface area (Å²) in [5.41, 5.74) is 2.10. The molecule has 12 heavy (non-hydrogen) atoms. The molecule has 1 nitrogen and oxygen atoms in total. The predicted molar refractivity (Wildman–Crippen MR) is 53.0 cm³/mol. The number of carbonyl (C=O) groups is 1. The van der Waals surface area contributed by atoms with Gasteiger partial charge in [-0.2, -0.15) is 0 Å². The average molecular weight is 166 g/mol. The van der Waals surface area contributed by atoms with Crippen LogP contribution in [-0.2, 0) is 4.79 Å². The van der Waals surface area contributed by atoms with Crippen LogP contribution in [0.25, 0.3) is 0 Å². The average Bonchev–Trinajstić information content (AvgIpc) is 1.82. The van der Waals surface area contributed by atoms with E-state index in [0.717, 1.165) is 17.4 Å². The Kier molecular flexibility index (Phi) is 3.94. The normalized spacial score (nSPS) is 14.8. The van der Waals surface area contributed by atoms with E-state index in [1.165, 1.54) is 0 Å². The van der Waals surface area contributed by atoms with Gasteiger partial charge in [0.25, 0.3) is 0 Å². The fraction of sp³-hybridized carbons (Fsp3) is 0.545. The molecule has 0 spiro atoms. The zero-order chi connectivity index (χ0) is 9.78. The Morgan fingerprint density at radius 1 is 1.08 bits per heavy atom. The van der Waals surface area contributed by atoms with Gasteiger partial charge in [0, 0.05) is 0 Å². The van der Waals surface area contributed by atoms with Gasteiger partial charge in [0.15, 0.2) is 0 Å². The van der Waals surface area contributed by atoms with Crippen molar-refractivity contribution in [2.45, 2.75) is 34.6 Å². The van der Waals surface area contributed by atoms with Crippen molar-refractivity contribution in [3.63, 3.8) is 0 Å². The summed E-state index contributed by atoms with van der Waals surface area (Å²) in [6.45, 7) is 10.2. The summed E-state index contributed by atoms with van der Waals surface area (Å²) in [6, 6.07) is 0. The molecule has 0 N–H and O–H groups in total. The monoisotopic (exact) mass is 166 g/mol. The van der Waals surface area contributed by atoms with Crippen molar-refractivity contribution in [2.24, 2.45) is 5.41 Å². The number of rotatable bonds is 2. The molecular formula is C11H18O. The van der Waals surface area contributed by atoms with Gasteiger partial charge in [0.05, 0.1) is 0 Å². The quantitative estimate of drug-likeness (QED) is 0.350. The zero-order valence-electron chi connectivity index (χ0n) is 8.64. The second kappa shape index (κ2) is 4.24. The van der Waals surface area contributed by atoms with Gasteiger partial charge < -0.3 is 0 Å². The number of hydrogen-bond acceptors (Lipinski definition) is 1. The van der Waals surface area contributed by atoms with Gasteiger partial charge in [0.2, 0.25) is 0 Å². The Morgan fingerprint density at radius 3 is 1.92 bits per heavy atom. The molecule has 0 heterocycles. The molecular weight excluding hydrogens is 148 g/mol. The third kappa shape index (κ3) is 5.90. The standard InChI is InChI=1S/C11H18O/c1-9(6-10(2)8-12)7-11(3,4)5/h6-8H,1-5H3/b9-7+,10-6+. The first-order valence-corrected chi connectivity index (χ1v) is 4.18. The van der Waals surface area contributed by atoms with Gasteiger partial charge in [-0.15, -0.1) is 0 Å². The first-order valence-electron chi connectivity index (χ1n) is 4.18. The fourth-order valence-electron chi connectivity index (χ4n) is 1.12. The van der Waals surface area contributed by atoms with Crippen molar-refractivity contribution in [3.05, 3.63) is 23.3 Å². The molecule has 0 saturated heterocycles. The van der Waals surface area contributed by atoms with E-state index >= 15 is 0 Å². The number of hydrogen-bond donors (Lipinski definition) is 0. The second-order valence-corrected chi connectivity index (χ2v) is 4.26. The second-order valence-electron chi connectivity index (χ2n) is 4.26. The van der Waals surface area contributed by atoms with E-state index in [9.17, 15) is 4.79 Å². The molecule has 0 aliphatic rings. The lowest BCUT2D eigenvalue weighted by Gasteiger charge is -2.12. The van der Waals surface area contributed by atoms with E-state index in [-0.39, 0.29) is 5.41 Å². The van der Waals surface area contributed by atoms with Crippen LogP contribution in [0.15, 0.2) is 23.3 Å². The van der Waals surface area contributed by atoms with Crippen LogP contribution in [0.1, 0.15) is 34.6 Å². The first-order chi connectivity index (χ1) is 5.35. The molecule has 0 unspecified atom stereocenters. The highest BCUT2D eigenvalue weighted by atomic mass is 16.1. The molecule has 0 aromatic rings. The lowest BCUT2D eigenvalue weighted by Crippen LogP contribution is -1.99. The van der Waals surface area contributed by atoms with E-state index in [0.29, 0.717) is 0 Å². The van der Waals surface area contributed by atoms with Crippen molar-refractivity contribution >= 4 is 6.29 Å². The van der Waals surface area contributed by atoms with Crippen LogP contribution in [0.5, 0.6) is 0 Å². The molecule has 0 saturated carbocycles. The highest BCUT2D eigenvalue weighted by Gasteiger charge is 2.04. The van der Waals surface area contributed by atoms with Gasteiger partial charge in [-0.3, -0.25) is 4.79 Å². The SMILES string of the molecule is C/C(C=O)=C\C(C)=C\C(C)(C)C. The first kappa shape index (κ1) is 11.2. The third-order valence-electron chi connectivity index (χ3n) is 1.30. The largest absolute Gasteiger partial charge is 0.298 e. The molecule has 0 aliphatic carbocycles. The van der Waals surface area contributed by atoms with Crippen molar-refractivity contribution in [1.82, 2.24) is 0 Å². The Morgan fingerprint density at radius 2 is 1.58 bits per heavy atom. The third-order valence-corrected chi connectivity index (χ3v) is 1.30. The van der Waals surface area contributed by atoms with Crippen molar-refractivity contribution < 1.29 is 4.79 Å². The van der Waals surface area contributed by atoms with Crippen LogP contribution in [0.3, 0.4) is 0 Å². The van der Waals surface area contributed by atoms with Crippen molar-refractivity contribution in [2.75, 3.05) is 0 Å². The molecule has 0 bridgehead atoms. The minimum Gasteiger partial charge on any atom is -0.298 e. The number of aldehydes is 1. The predicted octanol–water partition coefficient (Wildman–Crippen LogP) is 3.12. The summed E-state index contributed by atoms with van der Waals surface area (Å²) in [4.78, 5) is 10.3. The maximum atomic E-state index is 10.3. The lowest BCUT2D eigenvalue weighted by molar-refractivity contribution is -0.104. The molecule has 0 aromatic heterocycles. The smallest absolute Gasteiger partial charge is 0.145 e. The van der Waals surface area contributed by atoms with Gasteiger partial charge in [-0.1, -0.05) is 38.5 Å². The van der Waals surface area contributed by atoms with Gasteiger partial charge in [-0.25, -0.2) is 0 Å². The lowest BCUT2D eigenvalue weighted by atomic mass is 9.93. The summed E-state index contributed by atoms with van der Waals surface area (Å²) < 4.78 is 0. The fourth-order valence-corrected chi connectivity index (χ4v) is 1.12. The van der Waals surface area contributed by atoms with Crippen LogP contribution in [0.4, 0.5) is 0 Å². The van der Waals surface area contributed by atoms with E-state index in [2.05, 4.69) is 26.8 Å².